The summed E-state index contributed by atoms with van der Waals surface area (Å²) in [6.45, 7) is 3.98. The number of fused-ring (bicyclic) bond motifs is 1. The van der Waals surface area contributed by atoms with Crippen LogP contribution in [0.2, 0.25) is 0 Å². The van der Waals surface area contributed by atoms with Crippen molar-refractivity contribution in [3.05, 3.63) is 76.3 Å². The number of nitrogens with one attached hydrogen (secondary N) is 1. The number of para-hydroxylation sites is 1. The minimum Gasteiger partial charge on any atom is -0.378 e. The van der Waals surface area contributed by atoms with Crippen molar-refractivity contribution in [1.29, 1.82) is 0 Å². The number of benzene rings is 2. The number of aryl methyl sites for hydroxylation is 2. The number of amides is 1. The largest absolute Gasteiger partial charge is 0.378 e. The van der Waals surface area contributed by atoms with E-state index in [1.165, 1.54) is 11.3 Å². The summed E-state index contributed by atoms with van der Waals surface area (Å²) in [5.74, 6) is -0.228. The summed E-state index contributed by atoms with van der Waals surface area (Å²) >= 11 is 1.41. The second-order valence-corrected chi connectivity index (χ2v) is 8.33. The number of rotatable bonds is 5. The van der Waals surface area contributed by atoms with Gasteiger partial charge in [0.2, 0.25) is 0 Å². The molecule has 2 aromatic carbocycles. The standard InChI is InChI=1S/C23H23N5OS/c1-15-12-19(27(3)4)11-10-17(15)14-24-25-22(29)21-13-20-16(2)26-28(23(20)30-21)18-8-6-5-7-9-18/h5-14H,1-4H3,(H,25,29). The van der Waals surface area contributed by atoms with Crippen LogP contribution in [0.4, 0.5) is 5.69 Å². The molecule has 7 heteroatoms. The number of nitrogens with zero attached hydrogens (tertiary/aromatic N) is 4. The molecule has 0 unspecified atom stereocenters. The SMILES string of the molecule is Cc1cc(N(C)C)ccc1C=NNC(=O)c1cc2c(C)nn(-c3ccccc3)c2s1. The monoisotopic (exact) mass is 417 g/mol. The van der Waals surface area contributed by atoms with Gasteiger partial charge in [-0.3, -0.25) is 4.79 Å². The van der Waals surface area contributed by atoms with Gasteiger partial charge in [0.1, 0.15) is 4.83 Å². The number of hydrazone groups is 1. The Hall–Kier alpha value is -3.45. The highest BCUT2D eigenvalue weighted by Gasteiger charge is 2.16. The van der Waals surface area contributed by atoms with Crippen molar-refractivity contribution in [3.8, 4) is 5.69 Å². The Morgan fingerprint density at radius 3 is 2.60 bits per heavy atom. The normalized spacial score (nSPS) is 11.3. The quantitative estimate of drug-likeness (QED) is 0.383. The highest BCUT2D eigenvalue weighted by atomic mass is 32.1. The maximum atomic E-state index is 12.6. The van der Waals surface area contributed by atoms with E-state index in [2.05, 4.69) is 26.6 Å². The van der Waals surface area contributed by atoms with Crippen LogP contribution in [-0.2, 0) is 0 Å². The lowest BCUT2D eigenvalue weighted by Gasteiger charge is -2.13. The predicted molar refractivity (Wildman–Crippen MR) is 124 cm³/mol. The van der Waals surface area contributed by atoms with Gasteiger partial charge in [-0.15, -0.1) is 11.3 Å². The molecule has 0 spiro atoms. The lowest BCUT2D eigenvalue weighted by atomic mass is 10.1. The van der Waals surface area contributed by atoms with Gasteiger partial charge in [-0.25, -0.2) is 10.1 Å². The number of hydrogen-bond acceptors (Lipinski definition) is 5. The minimum absolute atomic E-state index is 0.228. The summed E-state index contributed by atoms with van der Waals surface area (Å²) in [7, 11) is 4.01. The van der Waals surface area contributed by atoms with Gasteiger partial charge >= 0.3 is 0 Å². The molecule has 2 aromatic heterocycles. The zero-order chi connectivity index (χ0) is 21.3. The molecule has 0 aliphatic rings. The maximum absolute atomic E-state index is 12.6. The van der Waals surface area contributed by atoms with E-state index < -0.39 is 0 Å². The summed E-state index contributed by atoms with van der Waals surface area (Å²) in [5.41, 5.74) is 7.70. The van der Waals surface area contributed by atoms with Crippen LogP contribution in [0.3, 0.4) is 0 Å². The van der Waals surface area contributed by atoms with E-state index in [1.807, 2.05) is 81.2 Å². The van der Waals surface area contributed by atoms with Gasteiger partial charge < -0.3 is 4.90 Å². The molecule has 0 bridgehead atoms. The highest BCUT2D eigenvalue weighted by molar-refractivity contribution is 7.20. The third-order valence-electron chi connectivity index (χ3n) is 4.91. The van der Waals surface area contributed by atoms with E-state index in [-0.39, 0.29) is 5.91 Å². The summed E-state index contributed by atoms with van der Waals surface area (Å²) in [5, 5.41) is 9.75. The van der Waals surface area contributed by atoms with Gasteiger partial charge in [0, 0.05) is 25.2 Å². The molecule has 0 atom stereocenters. The number of carbonyl (C=O) groups is 1. The van der Waals surface area contributed by atoms with Gasteiger partial charge in [-0.05, 0) is 55.3 Å². The third-order valence-corrected chi connectivity index (χ3v) is 6.02. The summed E-state index contributed by atoms with van der Waals surface area (Å²) in [4.78, 5) is 16.2. The van der Waals surface area contributed by atoms with E-state index in [4.69, 9.17) is 0 Å². The van der Waals surface area contributed by atoms with Crippen molar-refractivity contribution >= 4 is 39.4 Å². The molecule has 4 aromatic rings. The minimum atomic E-state index is -0.228. The van der Waals surface area contributed by atoms with Crippen molar-refractivity contribution in [2.45, 2.75) is 13.8 Å². The van der Waals surface area contributed by atoms with E-state index in [0.717, 1.165) is 38.4 Å². The Bertz CT molecular complexity index is 1240. The molecule has 0 saturated carbocycles. The molecule has 152 valence electrons. The van der Waals surface area contributed by atoms with Gasteiger partial charge in [-0.1, -0.05) is 24.3 Å². The first kappa shape index (κ1) is 19.8. The molecule has 2 heterocycles. The van der Waals surface area contributed by atoms with E-state index in [0.29, 0.717) is 4.88 Å². The van der Waals surface area contributed by atoms with Crippen LogP contribution in [0, 0.1) is 13.8 Å². The molecular weight excluding hydrogens is 394 g/mol. The average molecular weight is 418 g/mol. The first-order chi connectivity index (χ1) is 14.4. The van der Waals surface area contributed by atoms with Crippen molar-refractivity contribution in [1.82, 2.24) is 15.2 Å². The molecule has 0 saturated heterocycles. The lowest BCUT2D eigenvalue weighted by Crippen LogP contribution is -2.16. The van der Waals surface area contributed by atoms with Crippen molar-refractivity contribution in [2.24, 2.45) is 5.10 Å². The third kappa shape index (κ3) is 3.84. The van der Waals surface area contributed by atoms with Crippen LogP contribution in [0.1, 0.15) is 26.5 Å². The molecule has 0 fully saturated rings. The van der Waals surface area contributed by atoms with Crippen LogP contribution < -0.4 is 10.3 Å². The molecule has 30 heavy (non-hydrogen) atoms. The number of thiophene rings is 1. The predicted octanol–water partition coefficient (Wildman–Crippen LogP) is 4.53. The Labute approximate surface area is 179 Å². The fraction of sp³-hybridized carbons (Fsp3) is 0.174. The summed E-state index contributed by atoms with van der Waals surface area (Å²) in [6, 6.07) is 17.9. The maximum Gasteiger partial charge on any atom is 0.281 e. The Morgan fingerprint density at radius 2 is 1.90 bits per heavy atom. The van der Waals surface area contributed by atoms with E-state index in [9.17, 15) is 4.79 Å². The van der Waals surface area contributed by atoms with E-state index in [1.54, 1.807) is 6.21 Å². The second kappa shape index (κ2) is 8.12. The molecule has 4 rings (SSSR count). The fourth-order valence-corrected chi connectivity index (χ4v) is 4.27. The highest BCUT2D eigenvalue weighted by Crippen LogP contribution is 2.30. The number of hydrogen-bond donors (Lipinski definition) is 1. The van der Waals surface area contributed by atoms with Crippen molar-refractivity contribution in [2.75, 3.05) is 19.0 Å². The molecule has 0 radical (unpaired) electrons. The molecule has 0 aliphatic carbocycles. The fourth-order valence-electron chi connectivity index (χ4n) is 3.20. The lowest BCUT2D eigenvalue weighted by molar-refractivity contribution is 0.0959. The molecular formula is C23H23N5OS. The first-order valence-electron chi connectivity index (χ1n) is 9.60. The van der Waals surface area contributed by atoms with E-state index >= 15 is 0 Å². The van der Waals surface area contributed by atoms with Crippen molar-refractivity contribution < 1.29 is 4.79 Å². The van der Waals surface area contributed by atoms with Crippen LogP contribution in [-0.4, -0.2) is 36.0 Å². The van der Waals surface area contributed by atoms with Crippen molar-refractivity contribution in [3.63, 3.8) is 0 Å². The van der Waals surface area contributed by atoms with Crippen LogP contribution >= 0.6 is 11.3 Å². The summed E-state index contributed by atoms with van der Waals surface area (Å²) in [6.07, 6.45) is 1.68. The molecule has 1 N–H and O–H groups in total. The zero-order valence-electron chi connectivity index (χ0n) is 17.4. The number of aromatic nitrogens is 2. The zero-order valence-corrected chi connectivity index (χ0v) is 18.2. The van der Waals surface area contributed by atoms with Gasteiger partial charge in [0.25, 0.3) is 5.91 Å². The Balaban J connectivity index is 1.54. The first-order valence-corrected chi connectivity index (χ1v) is 10.4. The van der Waals surface area contributed by atoms with Gasteiger partial charge in [0.05, 0.1) is 22.5 Å². The van der Waals surface area contributed by atoms with Crippen LogP contribution in [0.5, 0.6) is 0 Å². The molecule has 1 amide bonds. The molecule has 6 nitrogen and oxygen atoms in total. The average Bonchev–Trinajstić information content (AvgIpc) is 3.30. The van der Waals surface area contributed by atoms with Gasteiger partial charge in [-0.2, -0.15) is 10.2 Å². The van der Waals surface area contributed by atoms with Crippen LogP contribution in [0.25, 0.3) is 15.9 Å². The topological polar surface area (TPSA) is 62.5 Å². The number of carbonyl (C=O) groups excluding carboxylic acids is 1. The summed E-state index contributed by atoms with van der Waals surface area (Å²) < 4.78 is 1.88. The Morgan fingerprint density at radius 1 is 1.13 bits per heavy atom. The molecule has 0 aliphatic heterocycles. The smallest absolute Gasteiger partial charge is 0.281 e. The van der Waals surface area contributed by atoms with Gasteiger partial charge in [0.15, 0.2) is 0 Å². The number of anilines is 1. The van der Waals surface area contributed by atoms with Crippen LogP contribution in [0.15, 0.2) is 59.7 Å². The Kier molecular flexibility index (Phi) is 5.37. The second-order valence-electron chi connectivity index (χ2n) is 7.30.